The number of nitrogens with zero attached hydrogens (tertiary/aromatic N) is 3. The van der Waals surface area contributed by atoms with E-state index in [1.54, 1.807) is 16.4 Å². The van der Waals surface area contributed by atoms with Gasteiger partial charge in [-0.15, -0.1) is 5.10 Å². The number of thioether (sulfide) groups is 1. The molecule has 3 aromatic rings. The average molecular weight is 670 g/mol. The van der Waals surface area contributed by atoms with Crippen LogP contribution in [0, 0.1) is 0 Å². The van der Waals surface area contributed by atoms with Crippen LogP contribution >= 0.6 is 27.7 Å². The van der Waals surface area contributed by atoms with E-state index < -0.39 is 6.04 Å². The summed E-state index contributed by atoms with van der Waals surface area (Å²) in [6, 6.07) is 13.6. The van der Waals surface area contributed by atoms with E-state index in [1.165, 1.54) is 12.0 Å². The van der Waals surface area contributed by atoms with E-state index in [-0.39, 0.29) is 12.1 Å². The average Bonchev–Trinajstić information content (AvgIpc) is 3.42. The molecule has 8 nitrogen and oxygen atoms in total. The predicted octanol–water partition coefficient (Wildman–Crippen LogP) is 8.47. The van der Waals surface area contributed by atoms with Crippen molar-refractivity contribution in [2.45, 2.75) is 95.2 Å². The second-order valence-electron chi connectivity index (χ2n) is 11.0. The van der Waals surface area contributed by atoms with Gasteiger partial charge in [0.05, 0.1) is 23.3 Å². The number of halogens is 1. The van der Waals surface area contributed by atoms with Crippen LogP contribution in [0.5, 0.6) is 11.5 Å². The molecular formula is C33H41BrN4O4S. The molecule has 2 heterocycles. The number of carbonyl (C=O) groups is 1. The lowest BCUT2D eigenvalue weighted by atomic mass is 9.94. The Morgan fingerprint density at radius 3 is 2.63 bits per heavy atom. The monoisotopic (exact) mass is 668 g/mol. The molecule has 2 aromatic carbocycles. The number of hydrogen-bond donors (Lipinski definition) is 1. The molecule has 1 aromatic heterocycles. The first kappa shape index (κ1) is 31.4. The van der Waals surface area contributed by atoms with Gasteiger partial charge in [0, 0.05) is 11.4 Å². The van der Waals surface area contributed by atoms with Crippen LogP contribution in [0.4, 0.5) is 5.95 Å². The van der Waals surface area contributed by atoms with Gasteiger partial charge in [0.15, 0.2) is 11.5 Å². The molecule has 2 aliphatic rings. The molecule has 0 amide bonds. The van der Waals surface area contributed by atoms with Gasteiger partial charge < -0.3 is 19.5 Å². The highest BCUT2D eigenvalue weighted by atomic mass is 79.9. The van der Waals surface area contributed by atoms with Crippen molar-refractivity contribution < 1.29 is 19.0 Å². The predicted molar refractivity (Wildman–Crippen MR) is 174 cm³/mol. The lowest BCUT2D eigenvalue weighted by Gasteiger charge is -2.30. The summed E-state index contributed by atoms with van der Waals surface area (Å²) in [6.07, 6.45) is 8.27. The lowest BCUT2D eigenvalue weighted by molar-refractivity contribution is -0.146. The smallest absolute Gasteiger partial charge is 0.338 e. The Labute approximate surface area is 267 Å². The van der Waals surface area contributed by atoms with Gasteiger partial charge in [-0.25, -0.2) is 9.48 Å². The van der Waals surface area contributed by atoms with Crippen molar-refractivity contribution in [2.75, 3.05) is 18.5 Å². The molecule has 1 aliphatic heterocycles. The van der Waals surface area contributed by atoms with Crippen molar-refractivity contribution in [3.63, 3.8) is 0 Å². The second-order valence-corrected chi connectivity index (χ2v) is 12.8. The van der Waals surface area contributed by atoms with E-state index >= 15 is 0 Å². The maximum absolute atomic E-state index is 13.9. The van der Waals surface area contributed by atoms with E-state index in [0.29, 0.717) is 47.1 Å². The number of aromatic nitrogens is 3. The number of esters is 1. The molecule has 230 valence electrons. The summed E-state index contributed by atoms with van der Waals surface area (Å²) in [5, 5.41) is 8.88. The summed E-state index contributed by atoms with van der Waals surface area (Å²) >= 11 is 5.31. The Morgan fingerprint density at radius 1 is 1.09 bits per heavy atom. The molecule has 1 unspecified atom stereocenters. The fraction of sp³-hybridized carbons (Fsp3) is 0.485. The number of ether oxygens (including phenoxy) is 3. The summed E-state index contributed by atoms with van der Waals surface area (Å²) < 4.78 is 20.9. The molecule has 0 spiro atoms. The van der Waals surface area contributed by atoms with Crippen molar-refractivity contribution in [2.24, 2.45) is 0 Å². The van der Waals surface area contributed by atoms with Crippen LogP contribution < -0.4 is 14.8 Å². The number of anilines is 1. The van der Waals surface area contributed by atoms with Crippen LogP contribution in [0.15, 0.2) is 63.4 Å². The third-order valence-corrected chi connectivity index (χ3v) is 9.23. The fourth-order valence-electron chi connectivity index (χ4n) is 5.56. The molecule has 1 saturated carbocycles. The highest BCUT2D eigenvalue weighted by Gasteiger charge is 2.37. The largest absolute Gasteiger partial charge is 0.490 e. The van der Waals surface area contributed by atoms with Crippen LogP contribution in [0.3, 0.4) is 0 Å². The highest BCUT2D eigenvalue weighted by molar-refractivity contribution is 9.10. The Balaban J connectivity index is 1.51. The van der Waals surface area contributed by atoms with Gasteiger partial charge in [-0.05, 0) is 85.1 Å². The SMILES string of the molecule is CCCCCOc1c(Br)cc(C2C(C(=O)OC3CCCCC3)=C(C)Nc3nc(SCc4ccccc4)nn32)cc1OCC. The number of nitrogens with one attached hydrogen (secondary N) is 1. The lowest BCUT2D eigenvalue weighted by Crippen LogP contribution is -2.32. The number of rotatable bonds is 13. The number of allylic oxidation sites excluding steroid dienone is 1. The second kappa shape index (κ2) is 15.1. The zero-order valence-electron chi connectivity index (χ0n) is 25.2. The molecule has 5 rings (SSSR count). The van der Waals surface area contributed by atoms with Gasteiger partial charge >= 0.3 is 5.97 Å². The molecule has 1 aliphatic carbocycles. The molecule has 43 heavy (non-hydrogen) atoms. The molecule has 1 atom stereocenters. The van der Waals surface area contributed by atoms with Gasteiger partial charge in [0.25, 0.3) is 0 Å². The summed E-state index contributed by atoms with van der Waals surface area (Å²) in [6.45, 7) is 7.11. The van der Waals surface area contributed by atoms with Crippen molar-refractivity contribution in [3.8, 4) is 11.5 Å². The molecule has 1 fully saturated rings. The van der Waals surface area contributed by atoms with Gasteiger partial charge in [-0.2, -0.15) is 4.98 Å². The molecule has 1 N–H and O–H groups in total. The molecule has 0 bridgehead atoms. The third kappa shape index (κ3) is 7.76. The van der Waals surface area contributed by atoms with Gasteiger partial charge in [0.2, 0.25) is 11.1 Å². The third-order valence-electron chi connectivity index (χ3n) is 7.73. The van der Waals surface area contributed by atoms with Gasteiger partial charge in [-0.1, -0.05) is 68.3 Å². The minimum absolute atomic E-state index is 0.0686. The van der Waals surface area contributed by atoms with Crippen LogP contribution in [0.25, 0.3) is 0 Å². The van der Waals surface area contributed by atoms with Crippen LogP contribution in [0.2, 0.25) is 0 Å². The summed E-state index contributed by atoms with van der Waals surface area (Å²) in [7, 11) is 0. The summed E-state index contributed by atoms with van der Waals surface area (Å²) in [5.74, 6) is 2.29. The van der Waals surface area contributed by atoms with Crippen LogP contribution in [0.1, 0.15) is 89.3 Å². The highest BCUT2D eigenvalue weighted by Crippen LogP contribution is 2.44. The van der Waals surface area contributed by atoms with Crippen molar-refractivity contribution in [1.82, 2.24) is 14.8 Å². The van der Waals surface area contributed by atoms with Crippen LogP contribution in [-0.2, 0) is 15.3 Å². The number of hydrogen-bond acceptors (Lipinski definition) is 8. The number of unbranched alkanes of at least 4 members (excludes halogenated alkanes) is 2. The maximum Gasteiger partial charge on any atom is 0.338 e. The Hall–Kier alpha value is -2.98. The van der Waals surface area contributed by atoms with Crippen molar-refractivity contribution in [3.05, 3.63) is 69.3 Å². The molecule has 0 radical (unpaired) electrons. The Bertz CT molecular complexity index is 1420. The normalized spacial score (nSPS) is 16.9. The van der Waals surface area contributed by atoms with E-state index in [9.17, 15) is 4.79 Å². The van der Waals surface area contributed by atoms with Crippen molar-refractivity contribution in [1.29, 1.82) is 0 Å². The number of fused-ring (bicyclic) bond motifs is 1. The van der Waals surface area contributed by atoms with Crippen molar-refractivity contribution >= 4 is 39.6 Å². The first-order chi connectivity index (χ1) is 21.0. The first-order valence-electron chi connectivity index (χ1n) is 15.4. The molecule has 10 heteroatoms. The summed E-state index contributed by atoms with van der Waals surface area (Å²) in [5.41, 5.74) is 3.25. The number of carbonyl (C=O) groups excluding carboxylic acids is 1. The van der Waals surface area contributed by atoms with Crippen LogP contribution in [-0.4, -0.2) is 40.1 Å². The fourth-order valence-corrected chi connectivity index (χ4v) is 6.92. The van der Waals surface area contributed by atoms with E-state index in [1.807, 2.05) is 44.2 Å². The van der Waals surface area contributed by atoms with E-state index in [2.05, 4.69) is 40.3 Å². The van der Waals surface area contributed by atoms with Gasteiger partial charge in [-0.3, -0.25) is 0 Å². The number of benzene rings is 2. The molecular weight excluding hydrogens is 628 g/mol. The zero-order valence-corrected chi connectivity index (χ0v) is 27.6. The van der Waals surface area contributed by atoms with E-state index in [0.717, 1.165) is 60.7 Å². The Kier molecular flexibility index (Phi) is 11.1. The standard InChI is InChI=1S/C33H41BrN4O4S/c1-4-6-13-18-41-30-26(34)19-24(20-27(30)40-5-2)29-28(31(39)42-25-16-11-8-12-17-25)22(3)35-32-36-33(37-38(29)32)43-21-23-14-9-7-10-15-23/h7,9-10,14-15,19-20,25,29H,4-6,8,11-13,16-18,21H2,1-3H3,(H,35,36,37). The minimum atomic E-state index is -0.560. The Morgan fingerprint density at radius 2 is 1.88 bits per heavy atom. The first-order valence-corrected chi connectivity index (χ1v) is 17.2. The molecule has 0 saturated heterocycles. The minimum Gasteiger partial charge on any atom is -0.490 e. The summed E-state index contributed by atoms with van der Waals surface area (Å²) in [4.78, 5) is 18.7. The zero-order chi connectivity index (χ0) is 30.2. The quantitative estimate of drug-likeness (QED) is 0.110. The maximum atomic E-state index is 13.9. The van der Waals surface area contributed by atoms with Gasteiger partial charge in [0.1, 0.15) is 12.1 Å². The van der Waals surface area contributed by atoms with E-state index in [4.69, 9.17) is 24.3 Å². The topological polar surface area (TPSA) is 87.5 Å².